The summed E-state index contributed by atoms with van der Waals surface area (Å²) in [6.07, 6.45) is 3.79. The topological polar surface area (TPSA) is 89.3 Å². The zero-order chi connectivity index (χ0) is 19.1. The fraction of sp³-hybridized carbons (Fsp3) is 0.250. The number of nitrogens with one attached hydrogen (secondary N) is 2. The lowest BCUT2D eigenvalue weighted by molar-refractivity contribution is 0.252. The molecule has 0 aliphatic heterocycles. The molecule has 0 aliphatic carbocycles. The maximum Gasteiger partial charge on any atom is 0.319 e. The zero-order valence-corrected chi connectivity index (χ0v) is 15.4. The van der Waals surface area contributed by atoms with Gasteiger partial charge >= 0.3 is 6.03 Å². The number of hydrogen-bond acceptors (Lipinski definition) is 5. The number of nitrogens with zero attached hydrogens (tertiary/aromatic N) is 2. The molecule has 0 unspecified atom stereocenters. The van der Waals surface area contributed by atoms with Gasteiger partial charge in [-0.25, -0.2) is 14.8 Å². The van der Waals surface area contributed by atoms with Crippen LogP contribution in [0.3, 0.4) is 0 Å². The minimum Gasteiger partial charge on any atom is -0.476 e. The van der Waals surface area contributed by atoms with E-state index < -0.39 is 0 Å². The Morgan fingerprint density at radius 2 is 2.04 bits per heavy atom. The van der Waals surface area contributed by atoms with Crippen molar-refractivity contribution in [3.05, 3.63) is 60.1 Å². The van der Waals surface area contributed by atoms with E-state index in [-0.39, 0.29) is 6.03 Å². The molecule has 2 N–H and O–H groups in total. The molecule has 0 saturated carbocycles. The summed E-state index contributed by atoms with van der Waals surface area (Å²) in [5.74, 6) is 0.973. The first kappa shape index (κ1) is 18.4. The Balaban J connectivity index is 1.50. The van der Waals surface area contributed by atoms with Crippen LogP contribution in [0.15, 0.2) is 53.3 Å². The van der Waals surface area contributed by atoms with Crippen LogP contribution >= 0.6 is 0 Å². The summed E-state index contributed by atoms with van der Waals surface area (Å²) >= 11 is 0. The SMILES string of the molecule is CCOc1ncccc1NC(=O)NCCc1coc(-c2ccc(C)cc2)n1. The highest BCUT2D eigenvalue weighted by molar-refractivity contribution is 5.90. The molecule has 27 heavy (non-hydrogen) atoms. The smallest absolute Gasteiger partial charge is 0.319 e. The maximum absolute atomic E-state index is 12.1. The Hall–Kier alpha value is -3.35. The number of carbonyl (C=O) groups excluding carboxylic acids is 1. The van der Waals surface area contributed by atoms with Gasteiger partial charge in [-0.2, -0.15) is 0 Å². The number of carbonyl (C=O) groups is 1. The summed E-state index contributed by atoms with van der Waals surface area (Å²) in [7, 11) is 0. The van der Waals surface area contributed by atoms with E-state index in [1.807, 2.05) is 38.1 Å². The van der Waals surface area contributed by atoms with Crippen LogP contribution in [-0.4, -0.2) is 29.2 Å². The standard InChI is InChI=1S/C20H22N4O3/c1-3-26-19-17(5-4-11-21-19)24-20(25)22-12-10-16-13-27-18(23-16)15-8-6-14(2)7-9-15/h4-9,11,13H,3,10,12H2,1-2H3,(H2,22,24,25). The molecule has 140 valence electrons. The number of rotatable bonds is 7. The molecule has 7 nitrogen and oxygen atoms in total. The van der Waals surface area contributed by atoms with Gasteiger partial charge in [0.2, 0.25) is 11.8 Å². The van der Waals surface area contributed by atoms with Crippen LogP contribution in [0.5, 0.6) is 5.88 Å². The fourth-order valence-corrected chi connectivity index (χ4v) is 2.46. The van der Waals surface area contributed by atoms with E-state index in [1.54, 1.807) is 24.6 Å². The molecule has 1 aromatic carbocycles. The summed E-state index contributed by atoms with van der Waals surface area (Å²) in [4.78, 5) is 20.6. The number of hydrogen-bond donors (Lipinski definition) is 2. The first-order valence-electron chi connectivity index (χ1n) is 8.80. The van der Waals surface area contributed by atoms with Crippen LogP contribution in [0, 0.1) is 6.92 Å². The molecule has 2 heterocycles. The number of urea groups is 1. The number of pyridine rings is 1. The van der Waals surface area contributed by atoms with Gasteiger partial charge in [0.05, 0.1) is 12.3 Å². The van der Waals surface area contributed by atoms with E-state index >= 15 is 0 Å². The van der Waals surface area contributed by atoms with Crippen LogP contribution in [0.1, 0.15) is 18.2 Å². The van der Waals surface area contributed by atoms with E-state index in [9.17, 15) is 4.79 Å². The van der Waals surface area contributed by atoms with Crippen molar-refractivity contribution in [3.8, 4) is 17.3 Å². The molecule has 3 rings (SSSR count). The predicted molar refractivity (Wildman–Crippen MR) is 103 cm³/mol. The Morgan fingerprint density at radius 3 is 2.81 bits per heavy atom. The van der Waals surface area contributed by atoms with Gasteiger partial charge in [-0.15, -0.1) is 0 Å². The van der Waals surface area contributed by atoms with Crippen molar-refractivity contribution < 1.29 is 13.9 Å². The van der Waals surface area contributed by atoms with Crippen molar-refractivity contribution in [2.45, 2.75) is 20.3 Å². The van der Waals surface area contributed by atoms with Crippen molar-refractivity contribution in [2.24, 2.45) is 0 Å². The van der Waals surface area contributed by atoms with Gasteiger partial charge in [-0.1, -0.05) is 17.7 Å². The maximum atomic E-state index is 12.1. The minimum absolute atomic E-state index is 0.328. The molecule has 2 aromatic heterocycles. The number of benzene rings is 1. The van der Waals surface area contributed by atoms with Crippen LogP contribution in [0.4, 0.5) is 10.5 Å². The minimum atomic E-state index is -0.328. The first-order valence-corrected chi connectivity index (χ1v) is 8.80. The summed E-state index contributed by atoms with van der Waals surface area (Å²) in [6, 6.07) is 11.1. The summed E-state index contributed by atoms with van der Waals surface area (Å²) in [6.45, 7) is 4.80. The monoisotopic (exact) mass is 366 g/mol. The Labute approximate surface area is 157 Å². The van der Waals surface area contributed by atoms with Gasteiger partial charge in [-0.05, 0) is 38.1 Å². The third-order valence-electron chi connectivity index (χ3n) is 3.82. The summed E-state index contributed by atoms with van der Waals surface area (Å²) in [5, 5.41) is 5.53. The highest BCUT2D eigenvalue weighted by Gasteiger charge is 2.09. The molecule has 0 atom stereocenters. The normalized spacial score (nSPS) is 10.4. The lowest BCUT2D eigenvalue weighted by Gasteiger charge is -2.10. The van der Waals surface area contributed by atoms with Crippen molar-refractivity contribution >= 4 is 11.7 Å². The van der Waals surface area contributed by atoms with Crippen LogP contribution in [0.25, 0.3) is 11.5 Å². The van der Waals surface area contributed by atoms with Crippen molar-refractivity contribution in [1.29, 1.82) is 0 Å². The predicted octanol–water partition coefficient (Wildman–Crippen LogP) is 3.81. The quantitative estimate of drug-likeness (QED) is 0.664. The Bertz CT molecular complexity index is 890. The second-order valence-electron chi connectivity index (χ2n) is 5.93. The van der Waals surface area contributed by atoms with Crippen LogP contribution in [-0.2, 0) is 6.42 Å². The second-order valence-corrected chi connectivity index (χ2v) is 5.93. The van der Waals surface area contributed by atoms with Crippen LogP contribution in [0.2, 0.25) is 0 Å². The Kier molecular flexibility index (Phi) is 6.04. The highest BCUT2D eigenvalue weighted by atomic mass is 16.5. The van der Waals surface area contributed by atoms with E-state index in [0.717, 1.165) is 11.3 Å². The van der Waals surface area contributed by atoms with E-state index in [1.165, 1.54) is 5.56 Å². The van der Waals surface area contributed by atoms with Crippen LogP contribution < -0.4 is 15.4 Å². The largest absolute Gasteiger partial charge is 0.476 e. The van der Waals surface area contributed by atoms with Gasteiger partial charge < -0.3 is 19.8 Å². The average molecular weight is 366 g/mol. The third-order valence-corrected chi connectivity index (χ3v) is 3.82. The van der Waals surface area contributed by atoms with Crippen molar-refractivity contribution in [1.82, 2.24) is 15.3 Å². The van der Waals surface area contributed by atoms with E-state index in [4.69, 9.17) is 9.15 Å². The fourth-order valence-electron chi connectivity index (χ4n) is 2.46. The van der Waals surface area contributed by atoms with Crippen molar-refractivity contribution in [2.75, 3.05) is 18.5 Å². The number of oxazole rings is 1. The number of anilines is 1. The molecule has 0 spiro atoms. The first-order chi connectivity index (χ1) is 13.2. The molecular weight excluding hydrogens is 344 g/mol. The molecule has 0 aliphatic rings. The van der Waals surface area contributed by atoms with Gasteiger partial charge in [0, 0.05) is 24.7 Å². The second kappa shape index (κ2) is 8.84. The zero-order valence-electron chi connectivity index (χ0n) is 15.4. The van der Waals surface area contributed by atoms with Gasteiger partial charge in [0.25, 0.3) is 0 Å². The summed E-state index contributed by atoms with van der Waals surface area (Å²) < 4.78 is 10.9. The van der Waals surface area contributed by atoms with Crippen molar-refractivity contribution in [3.63, 3.8) is 0 Å². The third kappa shape index (κ3) is 5.07. The number of ether oxygens (including phenoxy) is 1. The number of aromatic nitrogens is 2. The lowest BCUT2D eigenvalue weighted by Crippen LogP contribution is -2.30. The number of aryl methyl sites for hydroxylation is 1. The average Bonchev–Trinajstić information content (AvgIpc) is 3.13. The molecule has 7 heteroatoms. The lowest BCUT2D eigenvalue weighted by atomic mass is 10.1. The van der Waals surface area contributed by atoms with Gasteiger partial charge in [-0.3, -0.25) is 0 Å². The van der Waals surface area contributed by atoms with Gasteiger partial charge in [0.1, 0.15) is 12.0 Å². The van der Waals surface area contributed by atoms with E-state index in [0.29, 0.717) is 37.0 Å². The van der Waals surface area contributed by atoms with E-state index in [2.05, 4.69) is 20.6 Å². The molecule has 3 aromatic rings. The molecule has 0 saturated heterocycles. The Morgan fingerprint density at radius 1 is 1.22 bits per heavy atom. The molecule has 2 amide bonds. The molecule has 0 fully saturated rings. The highest BCUT2D eigenvalue weighted by Crippen LogP contribution is 2.20. The summed E-state index contributed by atoms with van der Waals surface area (Å²) in [5.41, 5.74) is 3.42. The molecular formula is C20H22N4O3. The number of amides is 2. The molecule has 0 radical (unpaired) electrons. The van der Waals surface area contributed by atoms with Gasteiger partial charge in [0.15, 0.2) is 0 Å². The molecule has 0 bridgehead atoms.